The van der Waals surface area contributed by atoms with E-state index in [0.717, 1.165) is 52.0 Å². The zero-order chi connectivity index (χ0) is 17.8. The van der Waals surface area contributed by atoms with Crippen molar-refractivity contribution in [2.24, 2.45) is 5.92 Å². The summed E-state index contributed by atoms with van der Waals surface area (Å²) in [4.78, 5) is 16.9. The largest absolute Gasteiger partial charge is 0.371 e. The van der Waals surface area contributed by atoms with Gasteiger partial charge in [-0.1, -0.05) is 18.2 Å². The van der Waals surface area contributed by atoms with Crippen LogP contribution in [0.15, 0.2) is 54.9 Å². The van der Waals surface area contributed by atoms with E-state index in [1.54, 1.807) is 0 Å². The highest BCUT2D eigenvalue weighted by molar-refractivity contribution is 5.74. The molecule has 5 nitrogen and oxygen atoms in total. The van der Waals surface area contributed by atoms with Gasteiger partial charge in [-0.15, -0.1) is 0 Å². The highest BCUT2D eigenvalue weighted by Gasteiger charge is 2.26. The highest BCUT2D eigenvalue weighted by Crippen LogP contribution is 2.24. The first kappa shape index (κ1) is 17.0. The number of carbonyl (C=O) groups excluding carboxylic acids is 1. The zero-order valence-electron chi connectivity index (χ0n) is 15.3. The summed E-state index contributed by atoms with van der Waals surface area (Å²) in [5.74, 6) is 0.538. The Morgan fingerprint density at radius 1 is 0.962 bits per heavy atom. The van der Waals surface area contributed by atoms with Crippen LogP contribution >= 0.6 is 0 Å². The standard InChI is InChI=1S/C21H28N4O/c26-21(24-14-9-20(10-15-24)23-11-4-5-12-23)22-16-18-8-13-25(17-18)19-6-2-1-3-7-19/h1-7,11-12,18,20H,8-10,13-17H2,(H,22,26)/t18-/m1/s1. The molecular weight excluding hydrogens is 324 g/mol. The number of rotatable bonds is 4. The van der Waals surface area contributed by atoms with Crippen LogP contribution in [0.4, 0.5) is 10.5 Å². The van der Waals surface area contributed by atoms with E-state index in [0.29, 0.717) is 12.0 Å². The van der Waals surface area contributed by atoms with E-state index >= 15 is 0 Å². The van der Waals surface area contributed by atoms with Crippen LogP contribution in [0.3, 0.4) is 0 Å². The van der Waals surface area contributed by atoms with E-state index in [2.05, 4.69) is 69.6 Å². The number of nitrogens with one attached hydrogen (secondary N) is 1. The number of aromatic nitrogens is 1. The number of amides is 2. The molecule has 4 rings (SSSR count). The number of likely N-dealkylation sites (tertiary alicyclic amines) is 1. The number of piperidine rings is 1. The lowest BCUT2D eigenvalue weighted by molar-refractivity contribution is 0.170. The van der Waals surface area contributed by atoms with Gasteiger partial charge >= 0.3 is 6.03 Å². The van der Waals surface area contributed by atoms with Gasteiger partial charge in [0, 0.05) is 56.8 Å². The van der Waals surface area contributed by atoms with Crippen LogP contribution in [-0.4, -0.2) is 48.2 Å². The van der Waals surface area contributed by atoms with Gasteiger partial charge in [-0.2, -0.15) is 0 Å². The lowest BCUT2D eigenvalue weighted by Gasteiger charge is -2.33. The van der Waals surface area contributed by atoms with Crippen molar-refractivity contribution in [1.29, 1.82) is 0 Å². The molecule has 1 atom stereocenters. The van der Waals surface area contributed by atoms with Gasteiger partial charge in [0.1, 0.15) is 0 Å². The Morgan fingerprint density at radius 2 is 1.69 bits per heavy atom. The monoisotopic (exact) mass is 352 g/mol. The lowest BCUT2D eigenvalue weighted by atomic mass is 10.1. The third-order valence-electron chi connectivity index (χ3n) is 5.75. The summed E-state index contributed by atoms with van der Waals surface area (Å²) in [7, 11) is 0. The number of carbonyl (C=O) groups is 1. The van der Waals surface area contributed by atoms with Gasteiger partial charge in [0.15, 0.2) is 0 Å². The van der Waals surface area contributed by atoms with Gasteiger partial charge in [0.25, 0.3) is 0 Å². The Morgan fingerprint density at radius 3 is 2.42 bits per heavy atom. The van der Waals surface area contributed by atoms with E-state index < -0.39 is 0 Å². The van der Waals surface area contributed by atoms with E-state index in [4.69, 9.17) is 0 Å². The molecule has 2 saturated heterocycles. The van der Waals surface area contributed by atoms with Crippen molar-refractivity contribution in [3.63, 3.8) is 0 Å². The molecule has 2 aromatic rings. The second kappa shape index (κ2) is 7.85. The van der Waals surface area contributed by atoms with Gasteiger partial charge in [0.05, 0.1) is 0 Å². The van der Waals surface area contributed by atoms with Crippen molar-refractivity contribution in [2.45, 2.75) is 25.3 Å². The quantitative estimate of drug-likeness (QED) is 0.917. The molecule has 1 aromatic carbocycles. The summed E-state index contributed by atoms with van der Waals surface area (Å²) in [5.41, 5.74) is 1.29. The third-order valence-corrected chi connectivity index (χ3v) is 5.75. The molecule has 1 N–H and O–H groups in total. The summed E-state index contributed by atoms with van der Waals surface area (Å²) in [6.07, 6.45) is 7.46. The fraction of sp³-hybridized carbons (Fsp3) is 0.476. The van der Waals surface area contributed by atoms with Gasteiger partial charge in [-0.25, -0.2) is 4.79 Å². The summed E-state index contributed by atoms with van der Waals surface area (Å²) < 4.78 is 2.27. The summed E-state index contributed by atoms with van der Waals surface area (Å²) in [5, 5.41) is 3.17. The fourth-order valence-corrected chi connectivity index (χ4v) is 4.17. The first-order valence-electron chi connectivity index (χ1n) is 9.75. The number of anilines is 1. The Labute approximate surface area is 155 Å². The lowest BCUT2D eigenvalue weighted by Crippen LogP contribution is -2.46. The smallest absolute Gasteiger partial charge is 0.317 e. The normalized spacial score (nSPS) is 21.2. The minimum atomic E-state index is 0.106. The van der Waals surface area contributed by atoms with Crippen LogP contribution < -0.4 is 10.2 Å². The van der Waals surface area contributed by atoms with Crippen LogP contribution in [0.25, 0.3) is 0 Å². The highest BCUT2D eigenvalue weighted by atomic mass is 16.2. The van der Waals surface area contributed by atoms with Gasteiger partial charge in [0.2, 0.25) is 0 Å². The van der Waals surface area contributed by atoms with Crippen LogP contribution in [0.5, 0.6) is 0 Å². The number of nitrogens with zero attached hydrogens (tertiary/aromatic N) is 3. The molecule has 0 bridgehead atoms. The summed E-state index contributed by atoms with van der Waals surface area (Å²) >= 11 is 0. The van der Waals surface area contributed by atoms with Crippen LogP contribution in [-0.2, 0) is 0 Å². The van der Waals surface area contributed by atoms with Crippen molar-refractivity contribution < 1.29 is 4.79 Å². The van der Waals surface area contributed by atoms with Crippen molar-refractivity contribution in [3.8, 4) is 0 Å². The van der Waals surface area contributed by atoms with Gasteiger partial charge < -0.3 is 19.7 Å². The molecule has 0 spiro atoms. The number of hydrogen-bond donors (Lipinski definition) is 1. The molecule has 0 unspecified atom stereocenters. The van der Waals surface area contributed by atoms with E-state index in [-0.39, 0.29) is 6.03 Å². The predicted octanol–water partition coefficient (Wildman–Crippen LogP) is 3.36. The van der Waals surface area contributed by atoms with Crippen molar-refractivity contribution in [2.75, 3.05) is 37.6 Å². The molecule has 0 saturated carbocycles. The predicted molar refractivity (Wildman–Crippen MR) is 104 cm³/mol. The van der Waals surface area contributed by atoms with E-state index in [9.17, 15) is 4.79 Å². The summed E-state index contributed by atoms with van der Waals surface area (Å²) in [6, 6.07) is 15.3. The average molecular weight is 352 g/mol. The minimum Gasteiger partial charge on any atom is -0.371 e. The van der Waals surface area contributed by atoms with Crippen LogP contribution in [0.2, 0.25) is 0 Å². The molecule has 138 valence electrons. The Hall–Kier alpha value is -2.43. The SMILES string of the molecule is O=C(NC[C@H]1CCN(c2ccccc2)C1)N1CCC(n2cccc2)CC1. The minimum absolute atomic E-state index is 0.106. The maximum absolute atomic E-state index is 12.5. The molecule has 0 aliphatic carbocycles. The molecule has 1 aromatic heterocycles. The Kier molecular flexibility index (Phi) is 5.14. The molecule has 5 heteroatoms. The zero-order valence-corrected chi connectivity index (χ0v) is 15.3. The molecule has 3 heterocycles. The molecule has 2 fully saturated rings. The van der Waals surface area contributed by atoms with E-state index in [1.807, 2.05) is 4.90 Å². The van der Waals surface area contributed by atoms with Gasteiger partial charge in [-0.05, 0) is 49.4 Å². The van der Waals surface area contributed by atoms with Gasteiger partial charge in [-0.3, -0.25) is 0 Å². The molecule has 0 radical (unpaired) electrons. The maximum Gasteiger partial charge on any atom is 0.317 e. The molecule has 26 heavy (non-hydrogen) atoms. The number of hydrogen-bond acceptors (Lipinski definition) is 2. The molecule has 2 aliphatic rings. The molecular formula is C21H28N4O. The summed E-state index contributed by atoms with van der Waals surface area (Å²) in [6.45, 7) is 4.57. The number of urea groups is 1. The second-order valence-corrected chi connectivity index (χ2v) is 7.47. The van der Waals surface area contributed by atoms with E-state index in [1.165, 1.54) is 5.69 Å². The van der Waals surface area contributed by atoms with Crippen molar-refractivity contribution >= 4 is 11.7 Å². The van der Waals surface area contributed by atoms with Crippen LogP contribution in [0.1, 0.15) is 25.3 Å². The topological polar surface area (TPSA) is 40.5 Å². The first-order chi connectivity index (χ1) is 12.8. The Balaban J connectivity index is 1.20. The maximum atomic E-state index is 12.5. The second-order valence-electron chi connectivity index (χ2n) is 7.47. The third kappa shape index (κ3) is 3.87. The molecule has 2 amide bonds. The fourth-order valence-electron chi connectivity index (χ4n) is 4.17. The number of para-hydroxylation sites is 1. The average Bonchev–Trinajstić information content (AvgIpc) is 3.39. The van der Waals surface area contributed by atoms with Crippen molar-refractivity contribution in [3.05, 3.63) is 54.9 Å². The number of benzene rings is 1. The first-order valence-corrected chi connectivity index (χ1v) is 9.75. The van der Waals surface area contributed by atoms with Crippen molar-refractivity contribution in [1.82, 2.24) is 14.8 Å². The Bertz CT molecular complexity index is 692. The van der Waals surface area contributed by atoms with Crippen LogP contribution in [0, 0.1) is 5.92 Å². The molecule has 2 aliphatic heterocycles.